The van der Waals surface area contributed by atoms with Crippen molar-refractivity contribution >= 4 is 0 Å². The van der Waals surface area contributed by atoms with E-state index in [0.29, 0.717) is 0 Å². The number of hydrogen-bond donors (Lipinski definition) is 1. The number of rotatable bonds is 7. The van der Waals surface area contributed by atoms with Crippen LogP contribution in [0.2, 0.25) is 0 Å². The lowest BCUT2D eigenvalue weighted by Crippen LogP contribution is -2.24. The summed E-state index contributed by atoms with van der Waals surface area (Å²) in [5.41, 5.74) is 9.04. The molecular formula is C17H29NO. The summed E-state index contributed by atoms with van der Waals surface area (Å²) < 4.78 is 5.47. The van der Waals surface area contributed by atoms with Crippen molar-refractivity contribution < 1.29 is 4.74 Å². The molecule has 0 radical (unpaired) electrons. The van der Waals surface area contributed by atoms with E-state index in [4.69, 9.17) is 10.5 Å². The Kier molecular flexibility index (Phi) is 6.53. The molecule has 0 aromatic heterocycles. The van der Waals surface area contributed by atoms with E-state index in [1.54, 1.807) is 0 Å². The van der Waals surface area contributed by atoms with E-state index < -0.39 is 0 Å². The van der Waals surface area contributed by atoms with Gasteiger partial charge >= 0.3 is 0 Å². The van der Waals surface area contributed by atoms with Crippen molar-refractivity contribution in [3.05, 3.63) is 35.4 Å². The molecule has 1 aromatic rings. The molecule has 2 heteroatoms. The van der Waals surface area contributed by atoms with E-state index in [2.05, 4.69) is 52.0 Å². The van der Waals surface area contributed by atoms with Gasteiger partial charge in [0.15, 0.2) is 0 Å². The fourth-order valence-electron chi connectivity index (χ4n) is 2.03. The summed E-state index contributed by atoms with van der Waals surface area (Å²) in [5.74, 6) is 0. The minimum Gasteiger partial charge on any atom is -0.381 e. The lowest BCUT2D eigenvalue weighted by molar-refractivity contribution is 0.127. The van der Waals surface area contributed by atoms with Gasteiger partial charge in [-0.1, -0.05) is 52.0 Å². The van der Waals surface area contributed by atoms with Crippen LogP contribution < -0.4 is 5.73 Å². The van der Waals surface area contributed by atoms with Gasteiger partial charge in [0, 0.05) is 19.3 Å². The van der Waals surface area contributed by atoms with Crippen molar-refractivity contribution in [3.8, 4) is 0 Å². The van der Waals surface area contributed by atoms with Crippen molar-refractivity contribution in [2.45, 2.75) is 58.4 Å². The molecule has 0 saturated heterocycles. The average Bonchev–Trinajstić information content (AvgIpc) is 2.34. The van der Waals surface area contributed by atoms with Gasteiger partial charge in [-0.15, -0.1) is 0 Å². The topological polar surface area (TPSA) is 35.2 Å². The Balaban J connectivity index is 2.40. The van der Waals surface area contributed by atoms with Crippen LogP contribution in [0.4, 0.5) is 0 Å². The van der Waals surface area contributed by atoms with Crippen molar-refractivity contribution in [3.63, 3.8) is 0 Å². The second-order valence-electron chi connectivity index (χ2n) is 6.31. The molecule has 1 unspecified atom stereocenters. The summed E-state index contributed by atoms with van der Waals surface area (Å²) in [6, 6.07) is 9.03. The van der Waals surface area contributed by atoms with Gasteiger partial charge in [0.05, 0.1) is 0 Å². The molecule has 0 bridgehead atoms. The fourth-order valence-corrected chi connectivity index (χ4v) is 2.03. The van der Waals surface area contributed by atoms with Gasteiger partial charge in [0.2, 0.25) is 0 Å². The molecule has 0 heterocycles. The van der Waals surface area contributed by atoms with Crippen LogP contribution in [0.5, 0.6) is 0 Å². The van der Waals surface area contributed by atoms with E-state index >= 15 is 0 Å². The van der Waals surface area contributed by atoms with Crippen molar-refractivity contribution in [1.29, 1.82) is 0 Å². The summed E-state index contributed by atoms with van der Waals surface area (Å²) in [4.78, 5) is 0. The molecule has 0 aliphatic heterocycles. The van der Waals surface area contributed by atoms with Gasteiger partial charge in [0.1, 0.15) is 0 Å². The molecular weight excluding hydrogens is 234 g/mol. The maximum atomic E-state index is 6.13. The van der Waals surface area contributed by atoms with Crippen LogP contribution in [0.15, 0.2) is 24.3 Å². The molecule has 2 nitrogen and oxygen atoms in total. The smallest absolute Gasteiger partial charge is 0.0480 e. The molecule has 1 atom stereocenters. The van der Waals surface area contributed by atoms with Gasteiger partial charge in [0.25, 0.3) is 0 Å². The largest absolute Gasteiger partial charge is 0.381 e. The maximum Gasteiger partial charge on any atom is 0.0480 e. The van der Waals surface area contributed by atoms with Gasteiger partial charge < -0.3 is 10.5 Å². The molecule has 19 heavy (non-hydrogen) atoms. The Labute approximate surface area is 118 Å². The van der Waals surface area contributed by atoms with Crippen molar-refractivity contribution in [1.82, 2.24) is 0 Å². The van der Waals surface area contributed by atoms with Crippen molar-refractivity contribution in [2.75, 3.05) is 13.2 Å². The average molecular weight is 263 g/mol. The van der Waals surface area contributed by atoms with Crippen LogP contribution in [-0.4, -0.2) is 19.3 Å². The second-order valence-corrected chi connectivity index (χ2v) is 6.31. The number of nitrogens with two attached hydrogens (primary N) is 1. The van der Waals surface area contributed by atoms with Gasteiger partial charge in [-0.25, -0.2) is 0 Å². The highest BCUT2D eigenvalue weighted by molar-refractivity contribution is 5.27. The van der Waals surface area contributed by atoms with Crippen LogP contribution in [0.3, 0.4) is 0 Å². The monoisotopic (exact) mass is 263 g/mol. The highest BCUT2D eigenvalue weighted by Gasteiger charge is 2.13. The minimum atomic E-state index is 0.192. The molecule has 0 spiro atoms. The Morgan fingerprint density at radius 3 is 2.26 bits per heavy atom. The predicted octanol–water partition coefficient (Wildman–Crippen LogP) is 3.67. The first-order valence-electron chi connectivity index (χ1n) is 7.36. The zero-order valence-electron chi connectivity index (χ0n) is 12.9. The van der Waals surface area contributed by atoms with Gasteiger partial charge in [-0.05, 0) is 35.8 Å². The molecule has 2 N–H and O–H groups in total. The first-order valence-corrected chi connectivity index (χ1v) is 7.36. The minimum absolute atomic E-state index is 0.192. The summed E-state index contributed by atoms with van der Waals surface area (Å²) in [6.07, 6.45) is 2.93. The molecule has 0 saturated carbocycles. The highest BCUT2D eigenvalue weighted by atomic mass is 16.5. The van der Waals surface area contributed by atoms with E-state index in [-0.39, 0.29) is 11.5 Å². The molecule has 0 fully saturated rings. The lowest BCUT2D eigenvalue weighted by atomic mass is 9.86. The maximum absolute atomic E-state index is 6.13. The third-order valence-electron chi connectivity index (χ3n) is 3.30. The summed E-state index contributed by atoms with van der Waals surface area (Å²) in [6.45, 7) is 10.4. The molecule has 0 amide bonds. The van der Waals surface area contributed by atoms with E-state index in [0.717, 1.165) is 32.5 Å². The zero-order chi connectivity index (χ0) is 14.3. The predicted molar refractivity (Wildman–Crippen MR) is 82.5 cm³/mol. The van der Waals surface area contributed by atoms with Crippen LogP contribution in [0.1, 0.15) is 51.7 Å². The summed E-state index contributed by atoms with van der Waals surface area (Å²) in [7, 11) is 0. The Bertz CT molecular complexity index is 351. The SMILES string of the molecule is CCCOCCC(N)Cc1ccc(C(C)(C)C)cc1. The van der Waals surface area contributed by atoms with Crippen LogP contribution >= 0.6 is 0 Å². The Morgan fingerprint density at radius 2 is 1.74 bits per heavy atom. The molecule has 0 aliphatic rings. The van der Waals surface area contributed by atoms with Crippen LogP contribution in [0, 0.1) is 0 Å². The van der Waals surface area contributed by atoms with Crippen LogP contribution in [-0.2, 0) is 16.6 Å². The zero-order valence-corrected chi connectivity index (χ0v) is 12.9. The van der Waals surface area contributed by atoms with E-state index in [1.807, 2.05) is 0 Å². The normalized spacial score (nSPS) is 13.5. The third-order valence-corrected chi connectivity index (χ3v) is 3.30. The number of ether oxygens (including phenoxy) is 1. The van der Waals surface area contributed by atoms with E-state index in [1.165, 1.54) is 11.1 Å². The standard InChI is InChI=1S/C17H29NO/c1-5-11-19-12-10-16(18)13-14-6-8-15(9-7-14)17(2,3)4/h6-9,16H,5,10-13,18H2,1-4H3. The van der Waals surface area contributed by atoms with Crippen molar-refractivity contribution in [2.24, 2.45) is 5.73 Å². The molecule has 1 aromatic carbocycles. The first-order chi connectivity index (χ1) is 8.93. The van der Waals surface area contributed by atoms with E-state index in [9.17, 15) is 0 Å². The highest BCUT2D eigenvalue weighted by Crippen LogP contribution is 2.22. The quantitative estimate of drug-likeness (QED) is 0.762. The summed E-state index contributed by atoms with van der Waals surface area (Å²) >= 11 is 0. The molecule has 108 valence electrons. The van der Waals surface area contributed by atoms with Gasteiger partial charge in [-0.2, -0.15) is 0 Å². The molecule has 1 rings (SSSR count). The Hall–Kier alpha value is -0.860. The fraction of sp³-hybridized carbons (Fsp3) is 0.647. The number of benzene rings is 1. The Morgan fingerprint density at radius 1 is 1.11 bits per heavy atom. The van der Waals surface area contributed by atoms with Crippen LogP contribution in [0.25, 0.3) is 0 Å². The third kappa shape index (κ3) is 6.22. The van der Waals surface area contributed by atoms with Gasteiger partial charge in [-0.3, -0.25) is 0 Å². The second kappa shape index (κ2) is 7.66. The first kappa shape index (κ1) is 16.2. The molecule has 0 aliphatic carbocycles. The number of hydrogen-bond acceptors (Lipinski definition) is 2. The lowest BCUT2D eigenvalue weighted by Gasteiger charge is -2.19. The summed E-state index contributed by atoms with van der Waals surface area (Å²) in [5, 5.41) is 0.